The molecule has 6 heteroatoms. The molecule has 3 heterocycles. The maximum atomic E-state index is 6.40. The van der Waals surface area contributed by atoms with Crippen LogP contribution in [0.2, 0.25) is 17.3 Å². The predicted octanol–water partition coefficient (Wildman–Crippen LogP) is 13.7. The largest absolute Gasteiger partial charge is 0 e. The first-order chi connectivity index (χ1) is 27.0. The average molecular weight is 991 g/mol. The Balaban J connectivity index is 0.000000208. The Morgan fingerprint density at radius 2 is 1.42 bits per heavy atom. The van der Waals surface area contributed by atoms with Crippen LogP contribution < -0.4 is 4.40 Å². The van der Waals surface area contributed by atoms with E-state index in [1.807, 2.05) is 36.4 Å². The van der Waals surface area contributed by atoms with Gasteiger partial charge < -0.3 is 8.98 Å². The standard InChI is InChI=1S/C31H27N2O.C20H28GeN.Ir/c1-19(2)21-12-9-13-22(20(3)4)29(21)33-27-17-7-6-16-26(27)32-31(33)25-15-10-14-24-23-11-5-8-18-28(23)34-30(24)25;1-6-16(7-2)13-18-14-20(17-11-9-8-10-12-17)22-15-19(18)21(3,4)5;/h5-14,16-20H,1-4H3;8-11,14-16H,6-7,13H2,1-5H3;/q2*-1;. The molecule has 0 aliphatic rings. The molecule has 0 aliphatic heterocycles. The van der Waals surface area contributed by atoms with E-state index in [1.54, 1.807) is 4.40 Å². The normalized spacial score (nSPS) is 11.8. The van der Waals surface area contributed by atoms with Crippen molar-refractivity contribution < 1.29 is 24.5 Å². The summed E-state index contributed by atoms with van der Waals surface area (Å²) in [6, 6.07) is 44.6. The predicted molar refractivity (Wildman–Crippen MR) is 240 cm³/mol. The summed E-state index contributed by atoms with van der Waals surface area (Å²) < 4.78 is 10.3. The van der Waals surface area contributed by atoms with Crippen LogP contribution in [0.25, 0.3) is 61.3 Å². The van der Waals surface area contributed by atoms with Gasteiger partial charge in [0.05, 0.1) is 22.4 Å². The number of imidazole rings is 1. The van der Waals surface area contributed by atoms with Crippen LogP contribution in [0.15, 0.2) is 120 Å². The minimum Gasteiger partial charge on any atom is 0 e. The molecule has 4 nitrogen and oxygen atoms in total. The number of aromatic nitrogens is 3. The molecule has 3 aromatic heterocycles. The van der Waals surface area contributed by atoms with Gasteiger partial charge in [-0.05, 0) is 41.2 Å². The Bertz CT molecular complexity index is 2570. The van der Waals surface area contributed by atoms with Crippen LogP contribution in [0.1, 0.15) is 82.9 Å². The van der Waals surface area contributed by atoms with Crippen molar-refractivity contribution >= 4 is 50.6 Å². The number of furan rings is 1. The van der Waals surface area contributed by atoms with E-state index in [0.29, 0.717) is 11.8 Å². The minimum atomic E-state index is -1.89. The van der Waals surface area contributed by atoms with Crippen molar-refractivity contribution in [3.8, 4) is 28.3 Å². The fourth-order valence-corrected chi connectivity index (χ4v) is 11.3. The molecule has 0 unspecified atom stereocenters. The zero-order valence-electron chi connectivity index (χ0n) is 34.9. The van der Waals surface area contributed by atoms with Gasteiger partial charge in [-0.3, -0.25) is 4.98 Å². The molecule has 8 rings (SSSR count). The second-order valence-corrected chi connectivity index (χ2v) is 27.3. The smallest absolute Gasteiger partial charge is 0 e. The summed E-state index contributed by atoms with van der Waals surface area (Å²) >= 11 is -1.89. The van der Waals surface area contributed by atoms with Gasteiger partial charge in [0.2, 0.25) is 0 Å². The SMILES string of the molecule is CC(C)c1cccc(C(C)C)c1-n1c(-c2[c-]ccc3c2oc2ccccc23)nc2ccccc21.CCC(CC)Cc1cc(-c2[c-]cccc2)nc[c]1[Ge]([CH3])([CH3])[CH3].[Ir]. The van der Waals surface area contributed by atoms with Gasteiger partial charge in [-0.2, -0.15) is 0 Å². The van der Waals surface area contributed by atoms with Crippen LogP contribution in [-0.2, 0) is 26.5 Å². The second-order valence-electron chi connectivity index (χ2n) is 16.7. The van der Waals surface area contributed by atoms with E-state index in [-0.39, 0.29) is 20.1 Å². The third-order valence-corrected chi connectivity index (χ3v) is 15.5. The topological polar surface area (TPSA) is 43.9 Å². The Hall–Kier alpha value is -4.29. The van der Waals surface area contributed by atoms with E-state index < -0.39 is 13.3 Å². The zero-order chi connectivity index (χ0) is 39.6. The van der Waals surface area contributed by atoms with E-state index in [1.165, 1.54) is 41.6 Å². The van der Waals surface area contributed by atoms with Crippen molar-refractivity contribution in [1.82, 2.24) is 14.5 Å². The molecule has 1 radical (unpaired) electrons. The van der Waals surface area contributed by atoms with Gasteiger partial charge in [0, 0.05) is 31.2 Å². The van der Waals surface area contributed by atoms with Gasteiger partial charge in [0.25, 0.3) is 0 Å². The van der Waals surface area contributed by atoms with Crippen molar-refractivity contribution in [2.75, 3.05) is 0 Å². The summed E-state index contributed by atoms with van der Waals surface area (Å²) in [6.07, 6.45) is 5.85. The van der Waals surface area contributed by atoms with Crippen LogP contribution >= 0.6 is 0 Å². The molecule has 0 amide bonds. The van der Waals surface area contributed by atoms with Crippen molar-refractivity contribution in [3.63, 3.8) is 0 Å². The maximum Gasteiger partial charge on any atom is 0 e. The summed E-state index contributed by atoms with van der Waals surface area (Å²) in [7, 11) is 0. The summed E-state index contributed by atoms with van der Waals surface area (Å²) in [5, 5.41) is 2.20. The molecule has 0 N–H and O–H groups in total. The van der Waals surface area contributed by atoms with Crippen molar-refractivity contribution in [1.29, 1.82) is 0 Å². The van der Waals surface area contributed by atoms with Gasteiger partial charge in [-0.15, -0.1) is 18.2 Å². The average Bonchev–Trinajstić information content (AvgIpc) is 3.78. The Kier molecular flexibility index (Phi) is 13.4. The molecule has 0 aliphatic carbocycles. The number of benzene rings is 5. The maximum absolute atomic E-state index is 6.40. The van der Waals surface area contributed by atoms with Crippen molar-refractivity contribution in [2.45, 2.75) is 89.9 Å². The molecule has 5 aromatic carbocycles. The van der Waals surface area contributed by atoms with Crippen molar-refractivity contribution in [2.24, 2.45) is 5.92 Å². The number of fused-ring (bicyclic) bond motifs is 4. The number of hydrogen-bond acceptors (Lipinski definition) is 3. The van der Waals surface area contributed by atoms with Crippen molar-refractivity contribution in [3.05, 3.63) is 144 Å². The summed E-state index contributed by atoms with van der Waals surface area (Å²) in [5.41, 5.74) is 12.2. The van der Waals surface area contributed by atoms with Gasteiger partial charge in [0.1, 0.15) is 5.58 Å². The third kappa shape index (κ3) is 8.77. The summed E-state index contributed by atoms with van der Waals surface area (Å²) in [5.74, 6) is 9.76. The molecule has 0 fully saturated rings. The third-order valence-electron chi connectivity index (χ3n) is 11.1. The van der Waals surface area contributed by atoms with Gasteiger partial charge in [0.15, 0.2) is 0 Å². The number of nitrogens with zero attached hydrogens (tertiary/aromatic N) is 3. The van der Waals surface area contributed by atoms with Gasteiger partial charge in [-0.1, -0.05) is 87.2 Å². The molecule has 0 saturated heterocycles. The van der Waals surface area contributed by atoms with Crippen LogP contribution in [0.4, 0.5) is 0 Å². The first-order valence-corrected chi connectivity index (χ1v) is 27.7. The quantitative estimate of drug-likeness (QED) is 0.101. The number of para-hydroxylation sites is 4. The number of rotatable bonds is 10. The Morgan fingerprint density at radius 1 is 0.737 bits per heavy atom. The summed E-state index contributed by atoms with van der Waals surface area (Å²) in [4.78, 5) is 9.90. The monoisotopic (exact) mass is 992 g/mol. The minimum absolute atomic E-state index is 0. The molecular formula is C51H55GeIrN3O-2. The van der Waals surface area contributed by atoms with E-state index >= 15 is 0 Å². The molecule has 57 heavy (non-hydrogen) atoms. The molecular weight excluding hydrogens is 935 g/mol. The number of pyridine rings is 1. The fraction of sp³-hybridized carbons (Fsp3) is 0.294. The van der Waals surface area contributed by atoms with Gasteiger partial charge >= 0.3 is 138 Å². The molecule has 0 bridgehead atoms. The van der Waals surface area contributed by atoms with E-state index in [4.69, 9.17) is 14.4 Å². The Labute approximate surface area is 355 Å². The molecule has 0 atom stereocenters. The summed E-state index contributed by atoms with van der Waals surface area (Å²) in [6.45, 7) is 13.6. The van der Waals surface area contributed by atoms with E-state index in [9.17, 15) is 0 Å². The van der Waals surface area contributed by atoms with Crippen LogP contribution in [-0.4, -0.2) is 27.8 Å². The van der Waals surface area contributed by atoms with Gasteiger partial charge in [-0.25, -0.2) is 0 Å². The van der Waals surface area contributed by atoms with Crippen LogP contribution in [0, 0.1) is 18.1 Å². The van der Waals surface area contributed by atoms with Crippen LogP contribution in [0.5, 0.6) is 0 Å². The van der Waals surface area contributed by atoms with E-state index in [2.05, 4.69) is 155 Å². The molecule has 295 valence electrons. The molecule has 8 aromatic rings. The Morgan fingerprint density at radius 3 is 2.09 bits per heavy atom. The van der Waals surface area contributed by atoms with Crippen LogP contribution in [0.3, 0.4) is 0 Å². The number of hydrogen-bond donors (Lipinski definition) is 0. The molecule has 0 saturated carbocycles. The molecule has 0 spiro atoms. The first kappa shape index (κ1) is 42.3. The van der Waals surface area contributed by atoms with E-state index in [0.717, 1.165) is 61.5 Å². The second kappa shape index (κ2) is 18.1. The zero-order valence-corrected chi connectivity index (χ0v) is 39.4. The first-order valence-electron chi connectivity index (χ1n) is 20.4. The fourth-order valence-electron chi connectivity index (χ4n) is 7.98.